The maximum atomic E-state index is 8.70. The molecule has 4 nitrogen and oxygen atoms in total. The van der Waals surface area contributed by atoms with E-state index in [0.717, 1.165) is 13.1 Å². The molecule has 0 heterocycles. The number of hydrogen-bond donors (Lipinski definition) is 2. The normalized spacial score (nSPS) is 8.60. The molecule has 0 rings (SSSR count). The zero-order valence-corrected chi connectivity index (χ0v) is 7.51. The first kappa shape index (κ1) is 12.6. The number of nitrogens with zero attached hydrogens (tertiary/aromatic N) is 1. The molecule has 0 unspecified atom stereocenters. The Bertz CT molecular complexity index is 81.0. The molecule has 0 fully saturated rings. The van der Waals surface area contributed by atoms with Crippen molar-refractivity contribution >= 4 is 8.25 Å². The Labute approximate surface area is 62.4 Å². The molecule has 0 aliphatic heterocycles. The maximum Gasteiger partial charge on any atom is 0.692 e. The van der Waals surface area contributed by atoms with Crippen LogP contribution in [0.15, 0.2) is 0 Å². The van der Waals surface area contributed by atoms with Gasteiger partial charge in [-0.05, 0) is 20.1 Å². The summed E-state index contributed by atoms with van der Waals surface area (Å²) in [6, 6.07) is 0. The van der Waals surface area contributed by atoms with Crippen molar-refractivity contribution in [3.8, 4) is 0 Å². The summed E-state index contributed by atoms with van der Waals surface area (Å²) >= 11 is 0. The Kier molecular flexibility index (Phi) is 11.3. The summed E-state index contributed by atoms with van der Waals surface area (Å²) in [5.41, 5.74) is 0. The number of hydrogen-bond acceptors (Lipinski definition) is 2. The Morgan fingerprint density at radius 3 is 1.50 bits per heavy atom. The summed E-state index contributed by atoms with van der Waals surface area (Å²) in [6.07, 6.45) is 0. The highest BCUT2D eigenvalue weighted by Gasteiger charge is 1.93. The van der Waals surface area contributed by atoms with Gasteiger partial charge >= 0.3 is 8.25 Å². The van der Waals surface area contributed by atoms with Gasteiger partial charge in [-0.3, -0.25) is 0 Å². The second-order valence-corrected chi connectivity index (χ2v) is 2.25. The fourth-order valence-corrected chi connectivity index (χ4v) is 0.224. The molecule has 0 amide bonds. The van der Waals surface area contributed by atoms with Crippen molar-refractivity contribution in [3.63, 3.8) is 0 Å². The van der Waals surface area contributed by atoms with Crippen molar-refractivity contribution in [2.75, 3.05) is 20.1 Å². The van der Waals surface area contributed by atoms with Crippen molar-refractivity contribution in [3.05, 3.63) is 0 Å². The van der Waals surface area contributed by atoms with E-state index in [4.69, 9.17) is 14.4 Å². The van der Waals surface area contributed by atoms with Crippen LogP contribution in [0.5, 0.6) is 0 Å². The zero-order valence-electron chi connectivity index (χ0n) is 6.61. The first-order valence-corrected chi connectivity index (χ1v) is 4.24. The van der Waals surface area contributed by atoms with Crippen LogP contribution in [0, 0.1) is 0 Å². The van der Waals surface area contributed by atoms with Crippen LogP contribution >= 0.6 is 8.25 Å². The Balaban J connectivity index is 0. The van der Waals surface area contributed by atoms with E-state index >= 15 is 0 Å². The standard InChI is InChI=1S/C5H13N.HO3P/c1-4-6(3)5-2;1-4(2)3/h4-5H2,1-3H3;(H-,1,2,3)/p+1. The molecule has 0 bridgehead atoms. The molecule has 0 saturated heterocycles. The highest BCUT2D eigenvalue weighted by molar-refractivity contribution is 7.30. The van der Waals surface area contributed by atoms with Gasteiger partial charge in [0.15, 0.2) is 0 Å². The van der Waals surface area contributed by atoms with Gasteiger partial charge in [0.05, 0.1) is 0 Å². The minimum absolute atomic E-state index is 1.16. The average molecular weight is 168 g/mol. The van der Waals surface area contributed by atoms with Gasteiger partial charge in [-0.1, -0.05) is 13.8 Å². The van der Waals surface area contributed by atoms with E-state index in [9.17, 15) is 0 Å². The van der Waals surface area contributed by atoms with Crippen LogP contribution in [0.2, 0.25) is 0 Å². The van der Waals surface area contributed by atoms with Crippen molar-refractivity contribution < 1.29 is 14.4 Å². The third kappa shape index (κ3) is 24.5. The Hall–Kier alpha value is -0.0200. The van der Waals surface area contributed by atoms with Gasteiger partial charge in [0.25, 0.3) is 0 Å². The Morgan fingerprint density at radius 1 is 1.30 bits per heavy atom. The van der Waals surface area contributed by atoms with Crippen molar-refractivity contribution in [1.29, 1.82) is 0 Å². The monoisotopic (exact) mass is 168 g/mol. The van der Waals surface area contributed by atoms with Gasteiger partial charge in [0.2, 0.25) is 0 Å². The average Bonchev–Trinajstić information content (AvgIpc) is 1.85. The quantitative estimate of drug-likeness (QED) is 0.592. The van der Waals surface area contributed by atoms with Crippen molar-refractivity contribution in [2.45, 2.75) is 13.8 Å². The lowest BCUT2D eigenvalue weighted by Gasteiger charge is -2.07. The van der Waals surface area contributed by atoms with Crippen molar-refractivity contribution in [1.82, 2.24) is 4.90 Å². The first-order valence-electron chi connectivity index (χ1n) is 3.08. The SMILES string of the molecule is CCN(C)CC.O=[P+](O)O. The fourth-order valence-electron chi connectivity index (χ4n) is 0.224. The van der Waals surface area contributed by atoms with Crippen LogP contribution in [0.25, 0.3) is 0 Å². The largest absolute Gasteiger partial charge is 0.692 e. The highest BCUT2D eigenvalue weighted by Crippen LogP contribution is 1.98. The third-order valence-electron chi connectivity index (χ3n) is 1.08. The predicted molar refractivity (Wildman–Crippen MR) is 40.9 cm³/mol. The molecule has 5 heteroatoms. The second kappa shape index (κ2) is 8.98. The number of rotatable bonds is 2. The molecule has 2 N–H and O–H groups in total. The lowest BCUT2D eigenvalue weighted by Crippen LogP contribution is -2.15. The Morgan fingerprint density at radius 2 is 1.50 bits per heavy atom. The van der Waals surface area contributed by atoms with Crippen molar-refractivity contribution in [2.24, 2.45) is 0 Å². The molecular weight excluding hydrogens is 153 g/mol. The van der Waals surface area contributed by atoms with E-state index in [1.165, 1.54) is 0 Å². The van der Waals surface area contributed by atoms with Gasteiger partial charge in [-0.15, -0.1) is 9.79 Å². The second-order valence-electron chi connectivity index (χ2n) is 1.74. The third-order valence-corrected chi connectivity index (χ3v) is 1.08. The minimum atomic E-state index is -2.87. The summed E-state index contributed by atoms with van der Waals surface area (Å²) in [5, 5.41) is 0. The molecule has 0 aromatic carbocycles. The van der Waals surface area contributed by atoms with Crippen LogP contribution in [0.1, 0.15) is 13.8 Å². The smallest absolute Gasteiger partial charge is 0.307 e. The summed E-state index contributed by atoms with van der Waals surface area (Å²) in [6.45, 7) is 6.64. The van der Waals surface area contributed by atoms with E-state index in [-0.39, 0.29) is 0 Å². The van der Waals surface area contributed by atoms with E-state index in [0.29, 0.717) is 0 Å². The summed E-state index contributed by atoms with van der Waals surface area (Å²) in [5.74, 6) is 0. The van der Waals surface area contributed by atoms with Crippen LogP contribution in [0.3, 0.4) is 0 Å². The molecule has 0 atom stereocenters. The molecule has 0 saturated carbocycles. The van der Waals surface area contributed by atoms with E-state index in [2.05, 4.69) is 25.8 Å². The molecule has 0 aromatic heterocycles. The maximum absolute atomic E-state index is 8.70. The van der Waals surface area contributed by atoms with Crippen LogP contribution in [-0.2, 0) is 4.57 Å². The first-order chi connectivity index (χ1) is 4.54. The fraction of sp³-hybridized carbons (Fsp3) is 1.00. The molecule has 0 radical (unpaired) electrons. The summed E-state index contributed by atoms with van der Waals surface area (Å²) < 4.78 is 8.70. The minimum Gasteiger partial charge on any atom is -0.307 e. The predicted octanol–water partition coefficient (Wildman–Crippen LogP) is 0.586. The van der Waals surface area contributed by atoms with E-state index < -0.39 is 8.25 Å². The van der Waals surface area contributed by atoms with Crippen LogP contribution in [-0.4, -0.2) is 34.8 Å². The molecule has 10 heavy (non-hydrogen) atoms. The van der Waals surface area contributed by atoms with Gasteiger partial charge in [-0.25, -0.2) is 0 Å². The van der Waals surface area contributed by atoms with Crippen LogP contribution < -0.4 is 0 Å². The lowest BCUT2D eigenvalue weighted by atomic mass is 10.6. The van der Waals surface area contributed by atoms with Crippen LogP contribution in [0.4, 0.5) is 0 Å². The van der Waals surface area contributed by atoms with E-state index in [1.54, 1.807) is 0 Å². The summed E-state index contributed by atoms with van der Waals surface area (Å²) in [4.78, 5) is 16.5. The molecule has 62 valence electrons. The van der Waals surface area contributed by atoms with Gasteiger partial charge in [-0.2, -0.15) is 0 Å². The molecule has 0 spiro atoms. The molecule has 0 aliphatic carbocycles. The van der Waals surface area contributed by atoms with Gasteiger partial charge in [0.1, 0.15) is 0 Å². The van der Waals surface area contributed by atoms with Gasteiger partial charge < -0.3 is 4.90 Å². The molecular formula is C5H15NO3P+. The lowest BCUT2D eigenvalue weighted by molar-refractivity contribution is 0.373. The molecule has 0 aliphatic rings. The van der Waals surface area contributed by atoms with Gasteiger partial charge in [0, 0.05) is 4.57 Å². The van der Waals surface area contributed by atoms with E-state index in [1.807, 2.05) is 0 Å². The molecule has 0 aromatic rings. The topological polar surface area (TPSA) is 60.8 Å². The summed E-state index contributed by atoms with van der Waals surface area (Å²) in [7, 11) is -0.759. The highest BCUT2D eigenvalue weighted by atomic mass is 31.1. The zero-order chi connectivity index (χ0) is 8.57.